The Hall–Kier alpha value is -2.55. The summed E-state index contributed by atoms with van der Waals surface area (Å²) in [6.07, 6.45) is 1.71. The lowest BCUT2D eigenvalue weighted by atomic mass is 9.99. The van der Waals surface area contributed by atoms with Gasteiger partial charge < -0.3 is 24.8 Å². The van der Waals surface area contributed by atoms with E-state index in [1.54, 1.807) is 6.07 Å². The van der Waals surface area contributed by atoms with Gasteiger partial charge in [-0.25, -0.2) is 14.4 Å². The van der Waals surface area contributed by atoms with Crippen LogP contribution in [-0.2, 0) is 13.0 Å². The monoisotopic (exact) mass is 398 g/mol. The van der Waals surface area contributed by atoms with Crippen LogP contribution in [0.1, 0.15) is 29.3 Å². The quantitative estimate of drug-likeness (QED) is 0.621. The molecule has 8 heteroatoms. The number of aliphatic hydroxyl groups is 2. The Bertz CT molecular complexity index is 1070. The molecule has 0 spiro atoms. The maximum atomic E-state index is 14.1. The lowest BCUT2D eigenvalue weighted by Crippen LogP contribution is -2.35. The molecule has 0 radical (unpaired) electrons. The van der Waals surface area contributed by atoms with E-state index in [9.17, 15) is 14.6 Å². The van der Waals surface area contributed by atoms with Crippen LogP contribution in [0.2, 0.25) is 0 Å². The van der Waals surface area contributed by atoms with Crippen molar-refractivity contribution in [3.63, 3.8) is 0 Å². The van der Waals surface area contributed by atoms with Crippen LogP contribution in [0.5, 0.6) is 5.75 Å². The summed E-state index contributed by atoms with van der Waals surface area (Å²) in [5.41, 5.74) is 3.03. The average Bonchev–Trinajstić information content (AvgIpc) is 3.28. The minimum Gasteiger partial charge on any atom is -0.487 e. The Balaban J connectivity index is 1.44. The summed E-state index contributed by atoms with van der Waals surface area (Å²) in [4.78, 5) is 8.55. The van der Waals surface area contributed by atoms with Gasteiger partial charge in [0.1, 0.15) is 41.9 Å². The second-order valence-electron chi connectivity index (χ2n) is 7.79. The number of fused-ring (bicyclic) bond motifs is 2. The number of aromatic nitrogens is 3. The van der Waals surface area contributed by atoms with Crippen molar-refractivity contribution in [2.24, 2.45) is 0 Å². The molecule has 3 N–H and O–H groups in total. The molecule has 4 atom stereocenters. The summed E-state index contributed by atoms with van der Waals surface area (Å²) in [7, 11) is 0. The number of nitrogens with one attached hydrogen (secondary N) is 1. The molecule has 0 unspecified atom stereocenters. The molecule has 1 aliphatic heterocycles. The number of halogens is 1. The smallest absolute Gasteiger partial charge is 0.143 e. The molecule has 1 aliphatic carbocycles. The van der Waals surface area contributed by atoms with Gasteiger partial charge in [-0.3, -0.25) is 0 Å². The van der Waals surface area contributed by atoms with Gasteiger partial charge in [0, 0.05) is 30.1 Å². The van der Waals surface area contributed by atoms with Crippen LogP contribution in [0, 0.1) is 12.7 Å². The molecule has 1 fully saturated rings. The van der Waals surface area contributed by atoms with E-state index in [2.05, 4.69) is 15.3 Å². The van der Waals surface area contributed by atoms with Gasteiger partial charge in [0.05, 0.1) is 11.7 Å². The Labute approximate surface area is 167 Å². The SMILES string of the molecule is Cc1ncnc2c1ccn2[C@@H]1C[C@H](Oc2ccc(F)c3c2CNCC3)[C@@H](O)[C@H]1O. The summed E-state index contributed by atoms with van der Waals surface area (Å²) in [6.45, 7) is 3.16. The lowest BCUT2D eigenvalue weighted by Gasteiger charge is -2.24. The molecule has 3 aromatic rings. The van der Waals surface area contributed by atoms with Crippen molar-refractivity contribution >= 4 is 11.0 Å². The molecule has 2 aliphatic rings. The van der Waals surface area contributed by atoms with Crippen LogP contribution in [0.4, 0.5) is 4.39 Å². The third kappa shape index (κ3) is 2.99. The predicted octanol–water partition coefficient (Wildman–Crippen LogP) is 1.64. The fourth-order valence-corrected chi connectivity index (χ4v) is 4.53. The van der Waals surface area contributed by atoms with Crippen molar-refractivity contribution < 1.29 is 19.3 Å². The third-order valence-corrected chi connectivity index (χ3v) is 6.13. The Kier molecular flexibility index (Phi) is 4.49. The first-order valence-electron chi connectivity index (χ1n) is 9.86. The maximum Gasteiger partial charge on any atom is 0.143 e. The minimum absolute atomic E-state index is 0.229. The van der Waals surface area contributed by atoms with E-state index >= 15 is 0 Å². The van der Waals surface area contributed by atoms with Crippen LogP contribution in [0.15, 0.2) is 30.7 Å². The molecule has 0 bridgehead atoms. The zero-order valence-electron chi connectivity index (χ0n) is 16.0. The highest BCUT2D eigenvalue weighted by Crippen LogP contribution is 2.37. The number of rotatable bonds is 3. The van der Waals surface area contributed by atoms with E-state index in [1.807, 2.05) is 23.8 Å². The van der Waals surface area contributed by atoms with E-state index in [4.69, 9.17) is 4.74 Å². The van der Waals surface area contributed by atoms with Crippen molar-refractivity contribution in [2.75, 3.05) is 6.54 Å². The van der Waals surface area contributed by atoms with Crippen LogP contribution < -0.4 is 10.1 Å². The number of benzene rings is 1. The first kappa shape index (κ1) is 18.5. The van der Waals surface area contributed by atoms with Crippen molar-refractivity contribution in [3.05, 3.63) is 53.4 Å². The molecule has 0 amide bonds. The Morgan fingerprint density at radius 2 is 2.03 bits per heavy atom. The zero-order chi connectivity index (χ0) is 20.1. The molecular weight excluding hydrogens is 375 g/mol. The van der Waals surface area contributed by atoms with Crippen molar-refractivity contribution in [2.45, 2.75) is 50.7 Å². The fraction of sp³-hybridized carbons (Fsp3) is 0.429. The summed E-state index contributed by atoms with van der Waals surface area (Å²) in [5, 5.41) is 25.5. The largest absolute Gasteiger partial charge is 0.487 e. The minimum atomic E-state index is -1.06. The van der Waals surface area contributed by atoms with Crippen LogP contribution in [0.3, 0.4) is 0 Å². The van der Waals surface area contributed by atoms with E-state index in [-0.39, 0.29) is 11.9 Å². The van der Waals surface area contributed by atoms with Gasteiger partial charge in [-0.15, -0.1) is 0 Å². The lowest BCUT2D eigenvalue weighted by molar-refractivity contribution is -0.0166. The highest BCUT2D eigenvalue weighted by Gasteiger charge is 2.44. The van der Waals surface area contributed by atoms with Crippen molar-refractivity contribution in [1.82, 2.24) is 19.9 Å². The molecular formula is C21H23FN4O3. The number of aryl methyl sites for hydroxylation is 1. The van der Waals surface area contributed by atoms with Gasteiger partial charge >= 0.3 is 0 Å². The molecule has 29 heavy (non-hydrogen) atoms. The zero-order valence-corrected chi connectivity index (χ0v) is 16.0. The second-order valence-corrected chi connectivity index (χ2v) is 7.79. The number of aliphatic hydroxyl groups excluding tert-OH is 2. The molecule has 0 saturated heterocycles. The summed E-state index contributed by atoms with van der Waals surface area (Å²) >= 11 is 0. The fourth-order valence-electron chi connectivity index (χ4n) is 4.53. The molecule has 3 heterocycles. The summed E-state index contributed by atoms with van der Waals surface area (Å²) in [6, 6.07) is 4.56. The van der Waals surface area contributed by atoms with E-state index in [1.165, 1.54) is 12.4 Å². The first-order valence-corrected chi connectivity index (χ1v) is 9.86. The van der Waals surface area contributed by atoms with E-state index in [0.717, 1.165) is 28.8 Å². The maximum absolute atomic E-state index is 14.1. The normalized spacial score (nSPS) is 26.6. The first-order chi connectivity index (χ1) is 14.0. The van der Waals surface area contributed by atoms with E-state index in [0.29, 0.717) is 30.7 Å². The van der Waals surface area contributed by atoms with Crippen molar-refractivity contribution in [3.8, 4) is 5.75 Å². The molecule has 152 valence electrons. The van der Waals surface area contributed by atoms with E-state index < -0.39 is 18.3 Å². The molecule has 1 saturated carbocycles. The summed E-state index contributed by atoms with van der Waals surface area (Å²) < 4.78 is 22.1. The van der Waals surface area contributed by atoms with Gasteiger partial charge in [-0.1, -0.05) is 0 Å². The van der Waals surface area contributed by atoms with Gasteiger partial charge in [0.25, 0.3) is 0 Å². The summed E-state index contributed by atoms with van der Waals surface area (Å²) in [5.74, 6) is 0.327. The van der Waals surface area contributed by atoms with Gasteiger partial charge in [-0.2, -0.15) is 0 Å². The molecule has 7 nitrogen and oxygen atoms in total. The average molecular weight is 398 g/mol. The van der Waals surface area contributed by atoms with Crippen molar-refractivity contribution in [1.29, 1.82) is 0 Å². The standard InChI is InChI=1S/C21H23FN4O3/c1-11-12-5-7-26(21(12)25-10-24-11)16-8-18(20(28)19(16)27)29-17-3-2-15(22)13-4-6-23-9-14(13)17/h2-3,5,7,10,16,18-20,23,27-28H,4,6,8-9H2,1H3/t16-,18+,19+,20-/m1/s1. The molecule has 5 rings (SSSR count). The number of hydrogen-bond acceptors (Lipinski definition) is 6. The predicted molar refractivity (Wildman–Crippen MR) is 104 cm³/mol. The van der Waals surface area contributed by atoms with Gasteiger partial charge in [0.2, 0.25) is 0 Å². The number of ether oxygens (including phenoxy) is 1. The van der Waals surface area contributed by atoms with Crippen LogP contribution in [-0.4, -0.2) is 49.6 Å². The topological polar surface area (TPSA) is 92.4 Å². The molecule has 1 aromatic carbocycles. The Morgan fingerprint density at radius 1 is 1.17 bits per heavy atom. The van der Waals surface area contributed by atoms with Crippen LogP contribution in [0.25, 0.3) is 11.0 Å². The van der Waals surface area contributed by atoms with Gasteiger partial charge in [-0.05, 0) is 43.7 Å². The second kappa shape index (κ2) is 7.05. The third-order valence-electron chi connectivity index (χ3n) is 6.13. The highest BCUT2D eigenvalue weighted by molar-refractivity contribution is 5.78. The number of hydrogen-bond donors (Lipinski definition) is 3. The highest BCUT2D eigenvalue weighted by atomic mass is 19.1. The van der Waals surface area contributed by atoms with Crippen LogP contribution >= 0.6 is 0 Å². The Morgan fingerprint density at radius 3 is 2.90 bits per heavy atom. The molecule has 2 aromatic heterocycles. The number of nitrogens with zero attached hydrogens (tertiary/aromatic N) is 3. The van der Waals surface area contributed by atoms with Gasteiger partial charge in [0.15, 0.2) is 0 Å².